The van der Waals surface area contributed by atoms with Gasteiger partial charge in [-0.1, -0.05) is 49.9 Å². The first kappa shape index (κ1) is 32.1. The van der Waals surface area contributed by atoms with Crippen LogP contribution in [-0.2, 0) is 19.1 Å². The average Bonchev–Trinajstić information content (AvgIpc) is 2.81. The smallest absolute Gasteiger partial charge is 0.408 e. The van der Waals surface area contributed by atoms with Gasteiger partial charge in [0, 0.05) is 11.6 Å². The fourth-order valence-corrected chi connectivity index (χ4v) is 5.02. The molecule has 0 spiro atoms. The molecule has 1 aliphatic carbocycles. The van der Waals surface area contributed by atoms with Crippen LogP contribution in [0, 0.1) is 13.8 Å². The molecule has 0 aliphatic heterocycles. The van der Waals surface area contributed by atoms with Crippen LogP contribution in [0.5, 0.6) is 0 Å². The quantitative estimate of drug-likeness (QED) is 0.397. The molecule has 9 heteroatoms. The summed E-state index contributed by atoms with van der Waals surface area (Å²) in [6.45, 7) is 14.7. The van der Waals surface area contributed by atoms with E-state index < -0.39 is 47.6 Å². The number of amides is 4. The molecule has 4 amide bonds. The number of aryl methyl sites for hydroxylation is 2. The molecule has 4 N–H and O–H groups in total. The molecular formula is C30H48N4O5. The normalized spacial score (nSPS) is 16.1. The monoisotopic (exact) mass is 544 g/mol. The molecule has 0 radical (unpaired) electrons. The largest absolute Gasteiger partial charge is 0.444 e. The summed E-state index contributed by atoms with van der Waals surface area (Å²) >= 11 is 0. The Morgan fingerprint density at radius 1 is 1.05 bits per heavy atom. The third-order valence-electron chi connectivity index (χ3n) is 7.33. The minimum atomic E-state index is -1.31. The summed E-state index contributed by atoms with van der Waals surface area (Å²) in [5.41, 5.74) is 6.48. The number of rotatable bonds is 10. The number of carbonyl (C=O) groups is 4. The second kappa shape index (κ2) is 13.3. The van der Waals surface area contributed by atoms with Gasteiger partial charge in [-0.3, -0.25) is 14.4 Å². The van der Waals surface area contributed by atoms with Crippen molar-refractivity contribution < 1.29 is 23.9 Å². The van der Waals surface area contributed by atoms with E-state index in [1.165, 1.54) is 4.90 Å². The van der Waals surface area contributed by atoms with Gasteiger partial charge < -0.3 is 26.0 Å². The van der Waals surface area contributed by atoms with E-state index in [1.807, 2.05) is 52.8 Å². The van der Waals surface area contributed by atoms with Gasteiger partial charge in [-0.15, -0.1) is 0 Å². The Morgan fingerprint density at radius 3 is 2.18 bits per heavy atom. The number of benzene rings is 1. The number of carbonyl (C=O) groups excluding carboxylic acids is 4. The Labute approximate surface area is 233 Å². The highest BCUT2D eigenvalue weighted by atomic mass is 16.6. The van der Waals surface area contributed by atoms with Crippen LogP contribution >= 0.6 is 0 Å². The number of alkyl carbamates (subject to hydrolysis) is 1. The van der Waals surface area contributed by atoms with E-state index in [0.717, 1.165) is 43.2 Å². The van der Waals surface area contributed by atoms with E-state index in [9.17, 15) is 19.2 Å². The predicted molar refractivity (Wildman–Crippen MR) is 152 cm³/mol. The van der Waals surface area contributed by atoms with Crippen molar-refractivity contribution in [3.8, 4) is 0 Å². The fraction of sp³-hybridized carbons (Fsp3) is 0.667. The molecule has 2 unspecified atom stereocenters. The first-order valence-electron chi connectivity index (χ1n) is 14.0. The van der Waals surface area contributed by atoms with E-state index in [1.54, 1.807) is 20.8 Å². The van der Waals surface area contributed by atoms with Crippen molar-refractivity contribution in [3.05, 3.63) is 34.9 Å². The van der Waals surface area contributed by atoms with E-state index in [2.05, 4.69) is 10.6 Å². The topological polar surface area (TPSA) is 131 Å². The molecule has 0 heterocycles. The molecule has 0 aromatic heterocycles. The second-order valence-electron chi connectivity index (χ2n) is 12.3. The molecular weight excluding hydrogens is 496 g/mol. The Kier molecular flexibility index (Phi) is 11.0. The second-order valence-corrected chi connectivity index (χ2v) is 12.3. The highest BCUT2D eigenvalue weighted by Gasteiger charge is 2.44. The molecule has 0 saturated heterocycles. The summed E-state index contributed by atoms with van der Waals surface area (Å²) in [6, 6.07) is 3.53. The standard InChI is InChI=1S/C30H48N4O5/c1-9-30(7,8)34(27(37)23(18-24(31)35)33-28(38)39-29(4,5)6)25(22-16-15-19(2)17-20(22)3)26(36)32-21-13-11-10-12-14-21/h15-17,21,23,25H,9-14,18H2,1-8H3,(H2,31,35)(H,32,36)(H,33,38). The van der Waals surface area contributed by atoms with E-state index in [-0.39, 0.29) is 11.9 Å². The summed E-state index contributed by atoms with van der Waals surface area (Å²) in [5.74, 6) is -1.61. The van der Waals surface area contributed by atoms with Crippen molar-refractivity contribution in [2.24, 2.45) is 5.73 Å². The van der Waals surface area contributed by atoms with Crippen molar-refractivity contribution in [2.75, 3.05) is 0 Å². The van der Waals surface area contributed by atoms with E-state index in [0.29, 0.717) is 12.0 Å². The highest BCUT2D eigenvalue weighted by Crippen LogP contribution is 2.34. The number of nitrogens with one attached hydrogen (secondary N) is 2. The molecule has 1 saturated carbocycles. The Hall–Kier alpha value is -3.10. The molecule has 1 aliphatic rings. The molecule has 1 aromatic carbocycles. The van der Waals surface area contributed by atoms with Gasteiger partial charge in [0.1, 0.15) is 17.7 Å². The van der Waals surface area contributed by atoms with Gasteiger partial charge in [0.15, 0.2) is 0 Å². The maximum absolute atomic E-state index is 14.3. The van der Waals surface area contributed by atoms with Crippen molar-refractivity contribution >= 4 is 23.8 Å². The van der Waals surface area contributed by atoms with Crippen LogP contribution in [0.25, 0.3) is 0 Å². The predicted octanol–water partition coefficient (Wildman–Crippen LogP) is 4.58. The van der Waals surface area contributed by atoms with Crippen LogP contribution in [0.2, 0.25) is 0 Å². The van der Waals surface area contributed by atoms with Gasteiger partial charge in [-0.2, -0.15) is 0 Å². The zero-order chi connectivity index (χ0) is 29.5. The molecule has 2 atom stereocenters. The van der Waals surface area contributed by atoms with Crippen LogP contribution in [0.4, 0.5) is 4.79 Å². The molecule has 2 rings (SSSR count). The van der Waals surface area contributed by atoms with Crippen LogP contribution in [0.3, 0.4) is 0 Å². The average molecular weight is 545 g/mol. The Morgan fingerprint density at radius 2 is 1.67 bits per heavy atom. The van der Waals surface area contributed by atoms with E-state index in [4.69, 9.17) is 10.5 Å². The SMILES string of the molecule is CCC(C)(C)N(C(=O)C(CC(N)=O)NC(=O)OC(C)(C)C)C(C(=O)NC1CCCCC1)c1ccc(C)cc1C. The van der Waals surface area contributed by atoms with Gasteiger partial charge in [0.05, 0.1) is 6.42 Å². The highest BCUT2D eigenvalue weighted by molar-refractivity contribution is 5.95. The van der Waals surface area contributed by atoms with Crippen molar-refractivity contribution in [1.29, 1.82) is 0 Å². The zero-order valence-electron chi connectivity index (χ0n) is 25.0. The lowest BCUT2D eigenvalue weighted by atomic mass is 9.89. The van der Waals surface area contributed by atoms with Crippen LogP contribution in [0.1, 0.15) is 109 Å². The molecule has 0 bridgehead atoms. The summed E-state index contributed by atoms with van der Waals surface area (Å²) < 4.78 is 5.36. The zero-order valence-corrected chi connectivity index (χ0v) is 25.0. The number of nitrogens with two attached hydrogens (primary N) is 1. The fourth-order valence-electron chi connectivity index (χ4n) is 5.02. The first-order chi connectivity index (χ1) is 18.1. The number of primary amides is 1. The molecule has 39 heavy (non-hydrogen) atoms. The molecule has 218 valence electrons. The minimum absolute atomic E-state index is 0.0301. The third-order valence-corrected chi connectivity index (χ3v) is 7.33. The number of hydrogen-bond donors (Lipinski definition) is 3. The van der Waals surface area contributed by atoms with Gasteiger partial charge >= 0.3 is 6.09 Å². The first-order valence-corrected chi connectivity index (χ1v) is 14.0. The number of ether oxygens (including phenoxy) is 1. The Bertz CT molecular complexity index is 1040. The Balaban J connectivity index is 2.62. The molecule has 9 nitrogen and oxygen atoms in total. The lowest BCUT2D eigenvalue weighted by Gasteiger charge is -2.45. The summed E-state index contributed by atoms with van der Waals surface area (Å²) in [5, 5.41) is 5.75. The van der Waals surface area contributed by atoms with Gasteiger partial charge in [-0.05, 0) is 78.9 Å². The van der Waals surface area contributed by atoms with Crippen molar-refractivity contribution in [2.45, 2.75) is 130 Å². The van der Waals surface area contributed by atoms with Gasteiger partial charge in [0.2, 0.25) is 17.7 Å². The maximum atomic E-state index is 14.3. The number of hydrogen-bond acceptors (Lipinski definition) is 5. The molecule has 1 fully saturated rings. The molecule has 1 aromatic rings. The van der Waals surface area contributed by atoms with E-state index >= 15 is 0 Å². The van der Waals surface area contributed by atoms with Crippen LogP contribution in [-0.4, -0.2) is 51.9 Å². The minimum Gasteiger partial charge on any atom is -0.444 e. The lowest BCUT2D eigenvalue weighted by Crippen LogP contribution is -2.60. The van der Waals surface area contributed by atoms with Crippen molar-refractivity contribution in [3.63, 3.8) is 0 Å². The summed E-state index contributed by atoms with van der Waals surface area (Å²) in [7, 11) is 0. The van der Waals surface area contributed by atoms with Crippen molar-refractivity contribution in [1.82, 2.24) is 15.5 Å². The summed E-state index contributed by atoms with van der Waals surface area (Å²) in [4.78, 5) is 54.7. The lowest BCUT2D eigenvalue weighted by molar-refractivity contribution is -0.150. The third kappa shape index (κ3) is 9.25. The van der Waals surface area contributed by atoms with Crippen LogP contribution in [0.15, 0.2) is 18.2 Å². The summed E-state index contributed by atoms with van der Waals surface area (Å²) in [6.07, 6.45) is 4.26. The van der Waals surface area contributed by atoms with Gasteiger partial charge in [0.25, 0.3) is 0 Å². The maximum Gasteiger partial charge on any atom is 0.408 e. The number of nitrogens with zero attached hydrogens (tertiary/aromatic N) is 1. The van der Waals surface area contributed by atoms with Crippen LogP contribution < -0.4 is 16.4 Å². The van der Waals surface area contributed by atoms with Gasteiger partial charge in [-0.25, -0.2) is 4.79 Å².